The van der Waals surface area contributed by atoms with Crippen LogP contribution in [0.15, 0.2) is 35.4 Å². The minimum absolute atomic E-state index is 0.201. The minimum atomic E-state index is -3.75. The number of hydrogen-bond acceptors (Lipinski definition) is 4. The number of hydrogen-bond donors (Lipinski definition) is 2. The summed E-state index contributed by atoms with van der Waals surface area (Å²) >= 11 is 5.91. The highest BCUT2D eigenvalue weighted by Gasteiger charge is 2.50. The van der Waals surface area contributed by atoms with Crippen LogP contribution in [0.1, 0.15) is 49.5 Å². The van der Waals surface area contributed by atoms with E-state index in [1.54, 1.807) is 22.6 Å². The van der Waals surface area contributed by atoms with Gasteiger partial charge in [0.15, 0.2) is 0 Å². The maximum atomic E-state index is 13.4. The number of aromatic amines is 1. The average Bonchev–Trinajstić information content (AvgIpc) is 3.08. The first-order valence-electron chi connectivity index (χ1n) is 8.49. The van der Waals surface area contributed by atoms with Gasteiger partial charge in [-0.1, -0.05) is 11.6 Å². The molecule has 2 aromatic rings. The summed E-state index contributed by atoms with van der Waals surface area (Å²) in [5.74, 6) is -0.205. The molecule has 0 aliphatic carbocycles. The van der Waals surface area contributed by atoms with Gasteiger partial charge < -0.3 is 5.32 Å². The summed E-state index contributed by atoms with van der Waals surface area (Å²) in [6.07, 6.45) is 3.96. The number of rotatable bonds is 3. The second-order valence-electron chi connectivity index (χ2n) is 6.72. The average molecular weight is 395 g/mol. The Morgan fingerprint density at radius 1 is 1.31 bits per heavy atom. The topological polar surface area (TPSA) is 95.2 Å². The third-order valence-corrected chi connectivity index (χ3v) is 7.31. The summed E-state index contributed by atoms with van der Waals surface area (Å²) in [7, 11) is -3.75. The molecule has 2 aliphatic rings. The number of halogens is 1. The number of piperidine rings is 1. The quantitative estimate of drug-likeness (QED) is 0.836. The van der Waals surface area contributed by atoms with Gasteiger partial charge in [-0.2, -0.15) is 9.40 Å². The van der Waals surface area contributed by atoms with E-state index in [4.69, 9.17) is 11.6 Å². The first-order valence-corrected chi connectivity index (χ1v) is 10.3. The van der Waals surface area contributed by atoms with Crippen molar-refractivity contribution in [2.45, 2.75) is 49.2 Å². The fourth-order valence-electron chi connectivity index (χ4n) is 4.09. The van der Waals surface area contributed by atoms with Crippen LogP contribution in [-0.4, -0.2) is 34.9 Å². The van der Waals surface area contributed by atoms with E-state index >= 15 is 0 Å². The van der Waals surface area contributed by atoms with Gasteiger partial charge in [-0.25, -0.2) is 8.42 Å². The Morgan fingerprint density at radius 3 is 2.73 bits per heavy atom. The number of carbonyl (C=O) groups excluding carboxylic acids is 1. The van der Waals surface area contributed by atoms with E-state index in [9.17, 15) is 13.2 Å². The molecule has 2 aliphatic heterocycles. The molecule has 9 heteroatoms. The van der Waals surface area contributed by atoms with E-state index in [-0.39, 0.29) is 22.9 Å². The van der Waals surface area contributed by atoms with Crippen LogP contribution in [0.25, 0.3) is 0 Å². The number of carbonyl (C=O) groups is 1. The van der Waals surface area contributed by atoms with E-state index in [2.05, 4.69) is 15.5 Å². The van der Waals surface area contributed by atoms with Crippen molar-refractivity contribution < 1.29 is 13.2 Å². The van der Waals surface area contributed by atoms with Crippen LogP contribution >= 0.6 is 11.6 Å². The Morgan fingerprint density at radius 2 is 2.04 bits per heavy atom. The number of fused-ring (bicyclic) bond motifs is 4. The molecule has 4 rings (SSSR count). The fraction of sp³-hybridized carbons (Fsp3) is 0.412. The molecule has 2 N–H and O–H groups in total. The maximum absolute atomic E-state index is 13.4. The Balaban J connectivity index is 1.83. The summed E-state index contributed by atoms with van der Waals surface area (Å²) < 4.78 is 28.4. The van der Waals surface area contributed by atoms with Gasteiger partial charge in [0.05, 0.1) is 34.9 Å². The molecule has 3 unspecified atom stereocenters. The number of aromatic nitrogens is 2. The maximum Gasteiger partial charge on any atom is 0.243 e. The van der Waals surface area contributed by atoms with Crippen molar-refractivity contribution in [2.75, 3.05) is 0 Å². The highest BCUT2D eigenvalue weighted by Crippen LogP contribution is 2.48. The SMILES string of the molecule is CC(=O)NC1c2[nH]ncc2C2CCCC1N2S(=O)(=O)c1ccc(Cl)cc1. The lowest BCUT2D eigenvalue weighted by atomic mass is 9.82. The van der Waals surface area contributed by atoms with Crippen molar-refractivity contribution in [3.8, 4) is 0 Å². The number of benzene rings is 1. The Kier molecular flexibility index (Phi) is 4.29. The smallest absolute Gasteiger partial charge is 0.243 e. The van der Waals surface area contributed by atoms with Gasteiger partial charge in [0, 0.05) is 17.5 Å². The molecule has 26 heavy (non-hydrogen) atoms. The molecule has 138 valence electrons. The lowest BCUT2D eigenvalue weighted by molar-refractivity contribution is -0.120. The molecular weight excluding hydrogens is 376 g/mol. The van der Waals surface area contributed by atoms with Crippen LogP contribution < -0.4 is 5.32 Å². The number of H-pyrrole nitrogens is 1. The fourth-order valence-corrected chi connectivity index (χ4v) is 6.07. The number of amides is 1. The van der Waals surface area contributed by atoms with E-state index in [1.807, 2.05) is 0 Å². The predicted octanol–water partition coefficient (Wildman–Crippen LogP) is 2.54. The van der Waals surface area contributed by atoms with Gasteiger partial charge >= 0.3 is 0 Å². The van der Waals surface area contributed by atoms with Gasteiger partial charge in [-0.15, -0.1) is 0 Å². The zero-order valence-electron chi connectivity index (χ0n) is 14.1. The minimum Gasteiger partial charge on any atom is -0.346 e. The van der Waals surface area contributed by atoms with Crippen LogP contribution in [0.3, 0.4) is 0 Å². The van der Waals surface area contributed by atoms with Crippen LogP contribution in [0.5, 0.6) is 0 Å². The van der Waals surface area contributed by atoms with Crippen LogP contribution in [0, 0.1) is 0 Å². The van der Waals surface area contributed by atoms with Crippen LogP contribution in [0.4, 0.5) is 0 Å². The molecule has 0 radical (unpaired) electrons. The van der Waals surface area contributed by atoms with Crippen LogP contribution in [0.2, 0.25) is 5.02 Å². The van der Waals surface area contributed by atoms with E-state index in [1.165, 1.54) is 19.1 Å². The van der Waals surface area contributed by atoms with E-state index in [0.717, 1.165) is 24.1 Å². The van der Waals surface area contributed by atoms with Crippen LogP contribution in [-0.2, 0) is 14.8 Å². The highest BCUT2D eigenvalue weighted by molar-refractivity contribution is 7.89. The van der Waals surface area contributed by atoms with Crippen molar-refractivity contribution in [1.82, 2.24) is 19.8 Å². The number of nitrogens with zero attached hydrogens (tertiary/aromatic N) is 2. The molecule has 3 heterocycles. The predicted molar refractivity (Wildman–Crippen MR) is 96.0 cm³/mol. The zero-order chi connectivity index (χ0) is 18.5. The Bertz CT molecular complexity index is 941. The molecule has 1 aromatic heterocycles. The van der Waals surface area contributed by atoms with Crippen molar-refractivity contribution in [3.63, 3.8) is 0 Å². The standard InChI is InChI=1S/C17H19ClN4O3S/c1-10(23)20-17-15-4-2-3-14(13-9-19-21-16(13)17)22(15)26(24,25)12-7-5-11(18)6-8-12/h5-9,14-15,17H,2-4H2,1H3,(H,19,21)(H,20,23). The third kappa shape index (κ3) is 2.72. The van der Waals surface area contributed by atoms with Gasteiger partial charge in [-0.3, -0.25) is 9.89 Å². The monoisotopic (exact) mass is 394 g/mol. The largest absolute Gasteiger partial charge is 0.346 e. The summed E-state index contributed by atoms with van der Waals surface area (Å²) in [5.41, 5.74) is 1.63. The van der Waals surface area contributed by atoms with Gasteiger partial charge in [0.25, 0.3) is 0 Å². The second kappa shape index (κ2) is 6.37. The molecule has 1 aromatic carbocycles. The molecule has 3 atom stereocenters. The van der Waals surface area contributed by atoms with Crippen molar-refractivity contribution in [3.05, 3.63) is 46.7 Å². The van der Waals surface area contributed by atoms with E-state index in [0.29, 0.717) is 11.4 Å². The third-order valence-electron chi connectivity index (χ3n) is 5.11. The summed E-state index contributed by atoms with van der Waals surface area (Å²) in [6, 6.07) is 5.10. The van der Waals surface area contributed by atoms with Gasteiger partial charge in [0.1, 0.15) is 0 Å². The van der Waals surface area contributed by atoms with Crippen molar-refractivity contribution in [1.29, 1.82) is 0 Å². The molecule has 7 nitrogen and oxygen atoms in total. The second-order valence-corrected chi connectivity index (χ2v) is 9.00. The number of sulfonamides is 1. The molecule has 1 saturated heterocycles. The summed E-state index contributed by atoms with van der Waals surface area (Å²) in [6.45, 7) is 1.43. The number of nitrogens with one attached hydrogen (secondary N) is 2. The molecule has 0 spiro atoms. The first kappa shape index (κ1) is 17.5. The zero-order valence-corrected chi connectivity index (χ0v) is 15.7. The Hall–Kier alpha value is -1.90. The van der Waals surface area contributed by atoms with E-state index < -0.39 is 16.1 Å². The molecule has 1 amide bonds. The normalized spacial score (nSPS) is 25.5. The lowest BCUT2D eigenvalue weighted by Crippen LogP contribution is -2.55. The molecular formula is C17H19ClN4O3S. The van der Waals surface area contributed by atoms with Crippen molar-refractivity contribution >= 4 is 27.5 Å². The van der Waals surface area contributed by atoms with Gasteiger partial charge in [0.2, 0.25) is 15.9 Å². The molecule has 2 bridgehead atoms. The highest BCUT2D eigenvalue weighted by atomic mass is 35.5. The molecule has 0 saturated carbocycles. The summed E-state index contributed by atoms with van der Waals surface area (Å²) in [5, 5.41) is 10.5. The molecule has 1 fully saturated rings. The first-order chi connectivity index (χ1) is 12.4. The van der Waals surface area contributed by atoms with Crippen molar-refractivity contribution in [2.24, 2.45) is 0 Å². The lowest BCUT2D eigenvalue weighted by Gasteiger charge is -2.48. The Labute approximate surface area is 156 Å². The van der Waals surface area contributed by atoms with Gasteiger partial charge in [-0.05, 0) is 43.5 Å². The summed E-state index contributed by atoms with van der Waals surface area (Å²) in [4.78, 5) is 11.9.